The van der Waals surface area contributed by atoms with Crippen LogP contribution in [0.2, 0.25) is 0 Å². The minimum atomic E-state index is 0.109. The Hall–Kier alpha value is -2.22. The Bertz CT molecular complexity index is 1150. The predicted octanol–water partition coefficient (Wildman–Crippen LogP) is 3.57. The SMILES string of the molecule is Cn1c(=O)sc2cc(CCN3CCN(c4nc5ccccc5s4)CC3)ccc21. The molecule has 0 aliphatic carbocycles. The van der Waals surface area contributed by atoms with Crippen LogP contribution >= 0.6 is 22.7 Å². The van der Waals surface area contributed by atoms with E-state index in [4.69, 9.17) is 4.98 Å². The second kappa shape index (κ2) is 7.31. The van der Waals surface area contributed by atoms with Crippen molar-refractivity contribution in [1.82, 2.24) is 14.5 Å². The van der Waals surface area contributed by atoms with Gasteiger partial charge in [0.25, 0.3) is 0 Å². The third kappa shape index (κ3) is 3.34. The predicted molar refractivity (Wildman–Crippen MR) is 119 cm³/mol. The van der Waals surface area contributed by atoms with Gasteiger partial charge in [0, 0.05) is 39.8 Å². The summed E-state index contributed by atoms with van der Waals surface area (Å²) in [6.45, 7) is 5.24. The lowest BCUT2D eigenvalue weighted by Gasteiger charge is -2.34. The van der Waals surface area contributed by atoms with Gasteiger partial charge in [0.05, 0.1) is 20.4 Å². The summed E-state index contributed by atoms with van der Waals surface area (Å²) in [6, 6.07) is 14.8. The van der Waals surface area contributed by atoms with Crippen molar-refractivity contribution in [3.8, 4) is 0 Å². The van der Waals surface area contributed by atoms with Crippen LogP contribution in [0.1, 0.15) is 5.56 Å². The van der Waals surface area contributed by atoms with Crippen LogP contribution in [-0.2, 0) is 13.5 Å². The average molecular weight is 411 g/mol. The minimum absolute atomic E-state index is 0.109. The molecule has 2 aromatic heterocycles. The highest BCUT2D eigenvalue weighted by Gasteiger charge is 2.19. The zero-order valence-electron chi connectivity index (χ0n) is 15.8. The van der Waals surface area contributed by atoms with Gasteiger partial charge in [-0.25, -0.2) is 4.98 Å². The highest BCUT2D eigenvalue weighted by molar-refractivity contribution is 7.22. The average Bonchev–Trinajstić information content (AvgIpc) is 3.28. The van der Waals surface area contributed by atoms with Gasteiger partial charge >= 0.3 is 4.87 Å². The topological polar surface area (TPSA) is 41.4 Å². The number of aryl methyl sites for hydroxylation is 1. The molecular formula is C21H22N4OS2. The molecule has 28 heavy (non-hydrogen) atoms. The maximum Gasteiger partial charge on any atom is 0.307 e. The summed E-state index contributed by atoms with van der Waals surface area (Å²) in [5, 5.41) is 1.14. The Labute approximate surface area is 171 Å². The van der Waals surface area contributed by atoms with E-state index < -0.39 is 0 Å². The van der Waals surface area contributed by atoms with Crippen molar-refractivity contribution in [2.45, 2.75) is 6.42 Å². The van der Waals surface area contributed by atoms with E-state index in [9.17, 15) is 4.79 Å². The van der Waals surface area contributed by atoms with Gasteiger partial charge in [0.2, 0.25) is 0 Å². The number of thiazole rings is 2. The molecule has 2 aromatic carbocycles. The fourth-order valence-electron chi connectivity index (χ4n) is 3.78. The number of para-hydroxylation sites is 1. The zero-order valence-corrected chi connectivity index (χ0v) is 17.4. The van der Waals surface area contributed by atoms with Crippen LogP contribution < -0.4 is 9.77 Å². The van der Waals surface area contributed by atoms with Gasteiger partial charge in [-0.1, -0.05) is 40.9 Å². The van der Waals surface area contributed by atoms with Crippen molar-refractivity contribution in [2.75, 3.05) is 37.6 Å². The Morgan fingerprint density at radius 3 is 2.64 bits per heavy atom. The number of piperazine rings is 1. The van der Waals surface area contributed by atoms with Crippen molar-refractivity contribution in [3.05, 3.63) is 57.7 Å². The van der Waals surface area contributed by atoms with Gasteiger partial charge in [-0.3, -0.25) is 9.69 Å². The molecule has 0 spiro atoms. The molecule has 3 heterocycles. The highest BCUT2D eigenvalue weighted by Crippen LogP contribution is 2.29. The summed E-state index contributed by atoms with van der Waals surface area (Å²) in [6.07, 6.45) is 1.02. The van der Waals surface area contributed by atoms with E-state index in [1.807, 2.05) is 7.05 Å². The van der Waals surface area contributed by atoms with Crippen LogP contribution in [0.3, 0.4) is 0 Å². The van der Waals surface area contributed by atoms with Gasteiger partial charge in [-0.2, -0.15) is 0 Å². The van der Waals surface area contributed by atoms with E-state index in [-0.39, 0.29) is 4.87 Å². The molecule has 1 saturated heterocycles. The largest absolute Gasteiger partial charge is 0.345 e. The van der Waals surface area contributed by atoms with E-state index in [2.05, 4.69) is 52.3 Å². The van der Waals surface area contributed by atoms with Crippen molar-refractivity contribution in [3.63, 3.8) is 0 Å². The monoisotopic (exact) mass is 410 g/mol. The smallest absolute Gasteiger partial charge is 0.307 e. The third-order valence-corrected chi connectivity index (χ3v) is 7.59. The van der Waals surface area contributed by atoms with Crippen LogP contribution in [0.15, 0.2) is 47.3 Å². The number of fused-ring (bicyclic) bond motifs is 2. The van der Waals surface area contributed by atoms with Crippen LogP contribution in [0.4, 0.5) is 5.13 Å². The van der Waals surface area contributed by atoms with Crippen molar-refractivity contribution in [1.29, 1.82) is 0 Å². The first-order chi connectivity index (χ1) is 13.7. The van der Waals surface area contributed by atoms with Crippen molar-refractivity contribution in [2.24, 2.45) is 7.05 Å². The van der Waals surface area contributed by atoms with Crippen LogP contribution in [0, 0.1) is 0 Å². The van der Waals surface area contributed by atoms with Crippen LogP contribution in [-0.4, -0.2) is 47.2 Å². The molecule has 0 amide bonds. The number of hydrogen-bond acceptors (Lipinski definition) is 6. The molecule has 0 bridgehead atoms. The van der Waals surface area contributed by atoms with Crippen LogP contribution in [0.5, 0.6) is 0 Å². The molecule has 1 fully saturated rings. The number of benzene rings is 2. The summed E-state index contributed by atoms with van der Waals surface area (Å²) in [5.41, 5.74) is 3.44. The second-order valence-corrected chi connectivity index (χ2v) is 9.27. The molecule has 5 nitrogen and oxygen atoms in total. The molecular weight excluding hydrogens is 388 g/mol. The molecule has 5 rings (SSSR count). The fourth-order valence-corrected chi connectivity index (χ4v) is 5.74. The molecule has 1 aliphatic rings. The maximum absolute atomic E-state index is 11.8. The third-order valence-electron chi connectivity index (χ3n) is 5.50. The fraction of sp³-hybridized carbons (Fsp3) is 0.333. The molecule has 4 aromatic rings. The number of nitrogens with zero attached hydrogens (tertiary/aromatic N) is 4. The lowest BCUT2D eigenvalue weighted by atomic mass is 10.1. The maximum atomic E-state index is 11.8. The van der Waals surface area contributed by atoms with Gasteiger partial charge in [0.1, 0.15) is 0 Å². The lowest BCUT2D eigenvalue weighted by molar-refractivity contribution is 0.261. The second-order valence-electron chi connectivity index (χ2n) is 7.27. The molecule has 0 N–H and O–H groups in total. The van der Waals surface area contributed by atoms with E-state index in [0.29, 0.717) is 0 Å². The van der Waals surface area contributed by atoms with Crippen molar-refractivity contribution >= 4 is 48.2 Å². The standard InChI is InChI=1S/C21H22N4OS2/c1-23-17-7-6-15(14-19(17)28-21(23)26)8-9-24-10-12-25(13-11-24)20-22-16-4-2-3-5-18(16)27-20/h2-7,14H,8-13H2,1H3. The highest BCUT2D eigenvalue weighted by atomic mass is 32.1. The van der Waals surface area contributed by atoms with E-state index in [1.54, 1.807) is 15.9 Å². The van der Waals surface area contributed by atoms with E-state index in [0.717, 1.165) is 60.0 Å². The number of anilines is 1. The van der Waals surface area contributed by atoms with Crippen LogP contribution in [0.25, 0.3) is 20.4 Å². The van der Waals surface area contributed by atoms with Gasteiger partial charge < -0.3 is 9.47 Å². The van der Waals surface area contributed by atoms with Gasteiger partial charge in [-0.15, -0.1) is 0 Å². The summed E-state index contributed by atoms with van der Waals surface area (Å²) in [5.74, 6) is 0. The molecule has 144 valence electrons. The normalized spacial score (nSPS) is 15.7. The first-order valence-electron chi connectivity index (χ1n) is 9.59. The molecule has 0 saturated carbocycles. The minimum Gasteiger partial charge on any atom is -0.345 e. The number of rotatable bonds is 4. The zero-order chi connectivity index (χ0) is 19.1. The van der Waals surface area contributed by atoms with Gasteiger partial charge in [0.15, 0.2) is 5.13 Å². The first kappa shape index (κ1) is 17.8. The molecule has 7 heteroatoms. The Kier molecular flexibility index (Phi) is 4.66. The number of hydrogen-bond donors (Lipinski definition) is 0. The molecule has 1 aliphatic heterocycles. The molecule has 0 atom stereocenters. The first-order valence-corrected chi connectivity index (χ1v) is 11.2. The summed E-state index contributed by atoms with van der Waals surface area (Å²) in [7, 11) is 1.84. The summed E-state index contributed by atoms with van der Waals surface area (Å²) in [4.78, 5) is 21.7. The van der Waals surface area contributed by atoms with Gasteiger partial charge in [-0.05, 0) is 36.2 Å². The van der Waals surface area contributed by atoms with E-state index in [1.165, 1.54) is 21.6 Å². The number of aromatic nitrogens is 2. The lowest BCUT2D eigenvalue weighted by Crippen LogP contribution is -2.46. The van der Waals surface area contributed by atoms with Crippen molar-refractivity contribution < 1.29 is 0 Å². The Morgan fingerprint density at radius 1 is 1.00 bits per heavy atom. The summed E-state index contributed by atoms with van der Waals surface area (Å²) < 4.78 is 4.08. The van der Waals surface area contributed by atoms with E-state index >= 15 is 0 Å². The molecule has 0 radical (unpaired) electrons. The quantitative estimate of drug-likeness (QED) is 0.516. The summed E-state index contributed by atoms with van der Waals surface area (Å²) >= 11 is 3.12. The Morgan fingerprint density at radius 2 is 1.82 bits per heavy atom. The Balaban J connectivity index is 1.20. The molecule has 0 unspecified atom stereocenters.